The van der Waals surface area contributed by atoms with Crippen molar-refractivity contribution in [3.8, 4) is 0 Å². The van der Waals surface area contributed by atoms with E-state index in [2.05, 4.69) is 10.8 Å². The lowest BCUT2D eigenvalue weighted by Gasteiger charge is -2.26. The molecule has 2 amide bonds. The summed E-state index contributed by atoms with van der Waals surface area (Å²) in [6.07, 6.45) is 2.04. The van der Waals surface area contributed by atoms with Crippen LogP contribution in [0.5, 0.6) is 0 Å². The normalized spacial score (nSPS) is 15.3. The van der Waals surface area contributed by atoms with Gasteiger partial charge >= 0.3 is 0 Å². The minimum atomic E-state index is -0.553. The van der Waals surface area contributed by atoms with Gasteiger partial charge in [-0.25, -0.2) is 0 Å². The Hall–Kier alpha value is -1.79. The molecule has 0 saturated carbocycles. The van der Waals surface area contributed by atoms with Crippen LogP contribution in [0.25, 0.3) is 0 Å². The van der Waals surface area contributed by atoms with Crippen molar-refractivity contribution in [1.29, 1.82) is 0 Å². The first kappa shape index (κ1) is 19.5. The van der Waals surface area contributed by atoms with Crippen LogP contribution in [0.4, 0.5) is 5.69 Å². The van der Waals surface area contributed by atoms with Crippen LogP contribution in [-0.2, 0) is 9.63 Å². The Labute approximate surface area is 153 Å². The molecule has 0 spiro atoms. The topological polar surface area (TPSA) is 70.7 Å². The number of amides is 2. The summed E-state index contributed by atoms with van der Waals surface area (Å²) in [5, 5.41) is 3.15. The number of likely N-dealkylation sites (tertiary alicyclic amines) is 1. The lowest BCUT2D eigenvalue weighted by Crippen LogP contribution is -2.50. The average Bonchev–Trinajstić information content (AvgIpc) is 3.11. The Bertz CT molecular complexity index is 616. The van der Waals surface area contributed by atoms with Crippen molar-refractivity contribution in [2.24, 2.45) is 5.92 Å². The van der Waals surface area contributed by atoms with E-state index in [-0.39, 0.29) is 17.7 Å². The highest BCUT2D eigenvalue weighted by Gasteiger charge is 2.30. The number of rotatable bonds is 7. The van der Waals surface area contributed by atoms with Gasteiger partial charge < -0.3 is 10.2 Å². The standard InChI is InChI=1S/C18H26ClN3O3/c1-4-25-21-13-7-8-14(15(19)11-13)17(23)20-16(12(2)3)18(24)22-9-5-6-10-22/h7-8,11-12,16,21H,4-6,9-10H2,1-3H3,(H,20,23)/t16-/m0/s1. The third-order valence-corrected chi connectivity index (χ3v) is 4.50. The van der Waals surface area contributed by atoms with Crippen molar-refractivity contribution >= 4 is 29.1 Å². The molecule has 1 aromatic carbocycles. The maximum Gasteiger partial charge on any atom is 0.253 e. The van der Waals surface area contributed by atoms with Gasteiger partial charge in [-0.05, 0) is 43.9 Å². The molecule has 1 heterocycles. The summed E-state index contributed by atoms with van der Waals surface area (Å²) in [6.45, 7) is 7.74. The van der Waals surface area contributed by atoms with Gasteiger partial charge in [0.05, 0.1) is 22.9 Å². The molecular weight excluding hydrogens is 342 g/mol. The van der Waals surface area contributed by atoms with E-state index in [4.69, 9.17) is 16.4 Å². The van der Waals surface area contributed by atoms with Crippen molar-refractivity contribution < 1.29 is 14.4 Å². The summed E-state index contributed by atoms with van der Waals surface area (Å²) in [4.78, 5) is 32.2. The van der Waals surface area contributed by atoms with Gasteiger partial charge in [0.15, 0.2) is 0 Å². The predicted molar refractivity (Wildman–Crippen MR) is 98.6 cm³/mol. The zero-order valence-corrected chi connectivity index (χ0v) is 15.7. The summed E-state index contributed by atoms with van der Waals surface area (Å²) < 4.78 is 0. The number of anilines is 1. The molecule has 1 atom stereocenters. The zero-order chi connectivity index (χ0) is 18.4. The van der Waals surface area contributed by atoms with Crippen LogP contribution >= 0.6 is 11.6 Å². The van der Waals surface area contributed by atoms with Crippen molar-refractivity contribution in [3.63, 3.8) is 0 Å². The van der Waals surface area contributed by atoms with E-state index < -0.39 is 6.04 Å². The monoisotopic (exact) mass is 367 g/mol. The van der Waals surface area contributed by atoms with Crippen LogP contribution in [0.2, 0.25) is 5.02 Å². The second kappa shape index (κ2) is 9.06. The molecule has 138 valence electrons. The lowest BCUT2D eigenvalue weighted by atomic mass is 10.0. The maximum absolute atomic E-state index is 12.7. The van der Waals surface area contributed by atoms with Crippen LogP contribution in [0.3, 0.4) is 0 Å². The summed E-state index contributed by atoms with van der Waals surface area (Å²) in [5.41, 5.74) is 3.74. The summed E-state index contributed by atoms with van der Waals surface area (Å²) in [6, 6.07) is 4.40. The van der Waals surface area contributed by atoms with Gasteiger partial charge in [-0.1, -0.05) is 25.4 Å². The first-order chi connectivity index (χ1) is 11.9. The highest BCUT2D eigenvalue weighted by molar-refractivity contribution is 6.34. The molecule has 2 rings (SSSR count). The number of benzene rings is 1. The Balaban J connectivity index is 2.08. The fourth-order valence-electron chi connectivity index (χ4n) is 2.78. The quantitative estimate of drug-likeness (QED) is 0.726. The largest absolute Gasteiger partial charge is 0.341 e. The van der Waals surface area contributed by atoms with E-state index in [9.17, 15) is 9.59 Å². The van der Waals surface area contributed by atoms with E-state index in [1.807, 2.05) is 25.7 Å². The van der Waals surface area contributed by atoms with Crippen molar-refractivity contribution in [2.75, 3.05) is 25.2 Å². The van der Waals surface area contributed by atoms with Crippen LogP contribution in [0.15, 0.2) is 18.2 Å². The minimum absolute atomic E-state index is 0.00489. The van der Waals surface area contributed by atoms with Crippen LogP contribution in [0.1, 0.15) is 44.0 Å². The molecule has 1 saturated heterocycles. The molecule has 1 fully saturated rings. The molecule has 25 heavy (non-hydrogen) atoms. The van der Waals surface area contributed by atoms with Gasteiger partial charge in [0, 0.05) is 13.1 Å². The number of hydrogen-bond acceptors (Lipinski definition) is 4. The molecule has 1 aliphatic rings. The highest BCUT2D eigenvalue weighted by Crippen LogP contribution is 2.22. The molecule has 6 nitrogen and oxygen atoms in total. The van der Waals surface area contributed by atoms with E-state index >= 15 is 0 Å². The van der Waals surface area contributed by atoms with Gasteiger partial charge in [-0.2, -0.15) is 0 Å². The van der Waals surface area contributed by atoms with Crippen LogP contribution < -0.4 is 10.8 Å². The summed E-state index contributed by atoms with van der Waals surface area (Å²) in [7, 11) is 0. The third kappa shape index (κ3) is 5.09. The Morgan fingerprint density at radius 2 is 1.96 bits per heavy atom. The Morgan fingerprint density at radius 1 is 1.28 bits per heavy atom. The minimum Gasteiger partial charge on any atom is -0.341 e. The van der Waals surface area contributed by atoms with Gasteiger partial charge in [0.2, 0.25) is 5.91 Å². The second-order valence-electron chi connectivity index (χ2n) is 6.46. The molecule has 0 aliphatic carbocycles. The van der Waals surface area contributed by atoms with Crippen molar-refractivity contribution in [2.45, 2.75) is 39.7 Å². The number of nitrogens with one attached hydrogen (secondary N) is 2. The molecule has 0 unspecified atom stereocenters. The Kier molecular flexibility index (Phi) is 7.08. The van der Waals surface area contributed by atoms with E-state index in [0.717, 1.165) is 25.9 Å². The molecule has 2 N–H and O–H groups in total. The van der Waals surface area contributed by atoms with Gasteiger partial charge in [0.1, 0.15) is 6.04 Å². The van der Waals surface area contributed by atoms with Gasteiger partial charge in [0.25, 0.3) is 5.91 Å². The Morgan fingerprint density at radius 3 is 2.52 bits per heavy atom. The fourth-order valence-corrected chi connectivity index (χ4v) is 3.05. The molecule has 0 aromatic heterocycles. The van der Waals surface area contributed by atoms with Crippen molar-refractivity contribution in [3.05, 3.63) is 28.8 Å². The predicted octanol–water partition coefficient (Wildman–Crippen LogP) is 3.08. The molecule has 1 aromatic rings. The maximum atomic E-state index is 12.7. The van der Waals surface area contributed by atoms with Crippen LogP contribution in [-0.4, -0.2) is 42.5 Å². The molecule has 7 heteroatoms. The number of carbonyl (C=O) groups excluding carboxylic acids is 2. The molecule has 0 radical (unpaired) electrons. The van der Waals surface area contributed by atoms with E-state index in [1.165, 1.54) is 0 Å². The first-order valence-electron chi connectivity index (χ1n) is 8.71. The molecule has 1 aliphatic heterocycles. The summed E-state index contributed by atoms with van der Waals surface area (Å²) >= 11 is 6.22. The van der Waals surface area contributed by atoms with E-state index in [1.54, 1.807) is 18.2 Å². The zero-order valence-electron chi connectivity index (χ0n) is 15.0. The SMILES string of the molecule is CCONc1ccc(C(=O)N[C@H](C(=O)N2CCCC2)C(C)C)c(Cl)c1. The van der Waals surface area contributed by atoms with Crippen LogP contribution in [0, 0.1) is 5.92 Å². The van der Waals surface area contributed by atoms with E-state index in [0.29, 0.717) is 22.9 Å². The van der Waals surface area contributed by atoms with Gasteiger partial charge in [-0.3, -0.25) is 19.9 Å². The lowest BCUT2D eigenvalue weighted by molar-refractivity contribution is -0.133. The fraction of sp³-hybridized carbons (Fsp3) is 0.556. The average molecular weight is 368 g/mol. The van der Waals surface area contributed by atoms with Gasteiger partial charge in [-0.15, -0.1) is 0 Å². The number of halogens is 1. The highest BCUT2D eigenvalue weighted by atomic mass is 35.5. The number of carbonyl (C=O) groups is 2. The van der Waals surface area contributed by atoms with Crippen molar-refractivity contribution in [1.82, 2.24) is 10.2 Å². The molecule has 0 bridgehead atoms. The smallest absolute Gasteiger partial charge is 0.253 e. The molecular formula is C18H26ClN3O3. The first-order valence-corrected chi connectivity index (χ1v) is 9.08. The second-order valence-corrected chi connectivity index (χ2v) is 6.86. The number of hydrogen-bond donors (Lipinski definition) is 2. The third-order valence-electron chi connectivity index (χ3n) is 4.19. The number of nitrogens with zero attached hydrogens (tertiary/aromatic N) is 1. The summed E-state index contributed by atoms with van der Waals surface area (Å²) in [5.74, 6) is -0.375.